The van der Waals surface area contributed by atoms with Crippen LogP contribution in [0.5, 0.6) is 17.2 Å². The quantitative estimate of drug-likeness (QED) is 0.765. The molecular formula is C17H20N2O4. The van der Waals surface area contributed by atoms with Crippen molar-refractivity contribution in [3.63, 3.8) is 0 Å². The van der Waals surface area contributed by atoms with Gasteiger partial charge in [0.15, 0.2) is 0 Å². The van der Waals surface area contributed by atoms with Crippen LogP contribution in [-0.4, -0.2) is 31.9 Å². The highest BCUT2D eigenvalue weighted by molar-refractivity contribution is 5.91. The number of phenols is 1. The number of anilines is 1. The van der Waals surface area contributed by atoms with Crippen LogP contribution in [0.3, 0.4) is 0 Å². The Morgan fingerprint density at radius 3 is 2.48 bits per heavy atom. The molecule has 2 aromatic carbocycles. The highest BCUT2D eigenvalue weighted by atomic mass is 16.5. The van der Waals surface area contributed by atoms with Crippen molar-refractivity contribution in [2.75, 3.05) is 26.1 Å². The molecule has 0 aliphatic rings. The molecule has 3 N–H and O–H groups in total. The molecule has 0 unspecified atom stereocenters. The molecule has 0 radical (unpaired) electrons. The highest BCUT2D eigenvalue weighted by Gasteiger charge is 2.08. The fourth-order valence-electron chi connectivity index (χ4n) is 2.06. The second kappa shape index (κ2) is 7.93. The van der Waals surface area contributed by atoms with Gasteiger partial charge in [-0.15, -0.1) is 0 Å². The van der Waals surface area contributed by atoms with Gasteiger partial charge in [-0.2, -0.15) is 0 Å². The average Bonchev–Trinajstić information content (AvgIpc) is 2.56. The molecule has 0 fully saturated rings. The summed E-state index contributed by atoms with van der Waals surface area (Å²) in [6.45, 7) is 0.475. The summed E-state index contributed by atoms with van der Waals surface area (Å²) in [6, 6.07) is 11.7. The van der Waals surface area contributed by atoms with E-state index in [9.17, 15) is 9.90 Å². The van der Waals surface area contributed by atoms with Gasteiger partial charge in [-0.05, 0) is 36.2 Å². The van der Waals surface area contributed by atoms with Crippen LogP contribution >= 0.6 is 0 Å². The second-order valence-electron chi connectivity index (χ2n) is 4.86. The summed E-state index contributed by atoms with van der Waals surface area (Å²) in [6.07, 6.45) is 0.670. The van der Waals surface area contributed by atoms with Crippen molar-refractivity contribution in [1.82, 2.24) is 5.32 Å². The fourth-order valence-corrected chi connectivity index (χ4v) is 2.06. The third kappa shape index (κ3) is 4.81. The molecule has 2 rings (SSSR count). The first-order valence-corrected chi connectivity index (χ1v) is 7.17. The van der Waals surface area contributed by atoms with E-state index in [0.29, 0.717) is 30.2 Å². The molecule has 0 saturated carbocycles. The zero-order valence-electron chi connectivity index (χ0n) is 13.1. The smallest absolute Gasteiger partial charge is 0.319 e. The van der Waals surface area contributed by atoms with Gasteiger partial charge < -0.3 is 25.2 Å². The normalized spacial score (nSPS) is 10.0. The Kier molecular flexibility index (Phi) is 5.68. The van der Waals surface area contributed by atoms with E-state index in [1.807, 2.05) is 12.1 Å². The van der Waals surface area contributed by atoms with Crippen LogP contribution in [-0.2, 0) is 6.42 Å². The maximum Gasteiger partial charge on any atom is 0.319 e. The number of aromatic hydroxyl groups is 1. The maximum atomic E-state index is 12.0. The minimum absolute atomic E-state index is 0.226. The maximum absolute atomic E-state index is 12.0. The molecule has 2 amide bonds. The van der Waals surface area contributed by atoms with E-state index in [-0.39, 0.29) is 11.8 Å². The summed E-state index contributed by atoms with van der Waals surface area (Å²) in [4.78, 5) is 12.0. The molecule has 0 bridgehead atoms. The number of methoxy groups -OCH3 is 2. The van der Waals surface area contributed by atoms with Gasteiger partial charge in [0.1, 0.15) is 17.2 Å². The number of urea groups is 1. The van der Waals surface area contributed by atoms with Crippen LogP contribution in [0.4, 0.5) is 10.5 Å². The first kappa shape index (κ1) is 16.5. The molecule has 0 aliphatic heterocycles. The molecule has 23 heavy (non-hydrogen) atoms. The Balaban J connectivity index is 1.88. The lowest BCUT2D eigenvalue weighted by molar-refractivity contribution is 0.252. The van der Waals surface area contributed by atoms with Crippen molar-refractivity contribution >= 4 is 11.7 Å². The lowest BCUT2D eigenvalue weighted by Crippen LogP contribution is -2.30. The van der Waals surface area contributed by atoms with Crippen molar-refractivity contribution in [1.29, 1.82) is 0 Å². The van der Waals surface area contributed by atoms with E-state index in [2.05, 4.69) is 10.6 Å². The number of hydrogen-bond donors (Lipinski definition) is 3. The molecular weight excluding hydrogens is 296 g/mol. The molecule has 6 heteroatoms. The highest BCUT2D eigenvalue weighted by Crippen LogP contribution is 2.28. The first-order chi connectivity index (χ1) is 11.1. The van der Waals surface area contributed by atoms with Gasteiger partial charge in [0.2, 0.25) is 0 Å². The van der Waals surface area contributed by atoms with E-state index in [1.165, 1.54) is 7.11 Å². The van der Waals surface area contributed by atoms with Gasteiger partial charge in [-0.3, -0.25) is 0 Å². The van der Waals surface area contributed by atoms with Gasteiger partial charge in [0.05, 0.1) is 19.9 Å². The molecule has 0 aromatic heterocycles. The van der Waals surface area contributed by atoms with Crippen LogP contribution in [0.1, 0.15) is 5.56 Å². The number of hydrogen-bond acceptors (Lipinski definition) is 4. The van der Waals surface area contributed by atoms with E-state index >= 15 is 0 Å². The number of phenolic OH excluding ortho intramolecular Hbond substituents is 1. The summed E-state index contributed by atoms with van der Waals surface area (Å²) in [7, 11) is 3.10. The second-order valence-corrected chi connectivity index (χ2v) is 4.86. The molecule has 0 saturated heterocycles. The third-order valence-electron chi connectivity index (χ3n) is 3.29. The van der Waals surface area contributed by atoms with Gasteiger partial charge in [-0.1, -0.05) is 12.1 Å². The molecule has 0 heterocycles. The number of carbonyl (C=O) groups excluding carboxylic acids is 1. The van der Waals surface area contributed by atoms with Crippen molar-refractivity contribution in [3.05, 3.63) is 48.0 Å². The summed E-state index contributed by atoms with van der Waals surface area (Å²) >= 11 is 0. The molecule has 0 spiro atoms. The van der Waals surface area contributed by atoms with E-state index in [1.54, 1.807) is 37.4 Å². The monoisotopic (exact) mass is 316 g/mol. The molecule has 122 valence electrons. The molecule has 0 aliphatic carbocycles. The van der Waals surface area contributed by atoms with Crippen LogP contribution in [0.15, 0.2) is 42.5 Å². The van der Waals surface area contributed by atoms with E-state index < -0.39 is 0 Å². The summed E-state index contributed by atoms with van der Waals surface area (Å²) < 4.78 is 10.3. The minimum Gasteiger partial charge on any atom is -0.508 e. The Bertz CT molecular complexity index is 656. The van der Waals surface area contributed by atoms with Crippen molar-refractivity contribution < 1.29 is 19.4 Å². The zero-order chi connectivity index (χ0) is 16.7. The molecule has 6 nitrogen and oxygen atoms in total. The number of carbonyl (C=O) groups is 1. The van der Waals surface area contributed by atoms with E-state index in [0.717, 1.165) is 5.56 Å². The first-order valence-electron chi connectivity index (χ1n) is 7.17. The predicted octanol–water partition coefficient (Wildman–Crippen LogP) is 2.77. The van der Waals surface area contributed by atoms with E-state index in [4.69, 9.17) is 9.47 Å². The van der Waals surface area contributed by atoms with Crippen molar-refractivity contribution in [2.45, 2.75) is 6.42 Å². The Morgan fingerprint density at radius 2 is 1.83 bits per heavy atom. The van der Waals surface area contributed by atoms with Crippen LogP contribution in [0.2, 0.25) is 0 Å². The standard InChI is InChI=1S/C17H20N2O4/c1-22-14-7-8-16(23-2)15(11-14)19-17(21)18-10-9-12-3-5-13(20)6-4-12/h3-8,11,20H,9-10H2,1-2H3,(H2,18,19,21). The molecule has 0 atom stereocenters. The summed E-state index contributed by atoms with van der Waals surface area (Å²) in [5.41, 5.74) is 1.57. The largest absolute Gasteiger partial charge is 0.508 e. The van der Waals surface area contributed by atoms with Gasteiger partial charge >= 0.3 is 6.03 Å². The van der Waals surface area contributed by atoms with Crippen LogP contribution < -0.4 is 20.1 Å². The van der Waals surface area contributed by atoms with Crippen LogP contribution in [0.25, 0.3) is 0 Å². The Morgan fingerprint density at radius 1 is 1.09 bits per heavy atom. The predicted molar refractivity (Wildman–Crippen MR) is 88.4 cm³/mol. The topological polar surface area (TPSA) is 79.8 Å². The van der Waals surface area contributed by atoms with Crippen molar-refractivity contribution in [2.24, 2.45) is 0 Å². The zero-order valence-corrected chi connectivity index (χ0v) is 13.1. The molecule has 2 aromatic rings. The SMILES string of the molecule is COc1ccc(OC)c(NC(=O)NCCc2ccc(O)cc2)c1. The number of benzene rings is 2. The minimum atomic E-state index is -0.324. The Labute approximate surface area is 135 Å². The number of ether oxygens (including phenoxy) is 2. The van der Waals surface area contributed by atoms with Crippen LogP contribution in [0, 0.1) is 0 Å². The lowest BCUT2D eigenvalue weighted by atomic mass is 10.1. The lowest BCUT2D eigenvalue weighted by Gasteiger charge is -2.12. The summed E-state index contributed by atoms with van der Waals surface area (Å²) in [5.74, 6) is 1.41. The van der Waals surface area contributed by atoms with Gasteiger partial charge in [0, 0.05) is 12.6 Å². The number of rotatable bonds is 6. The summed E-state index contributed by atoms with van der Waals surface area (Å²) in [5, 5.41) is 14.7. The number of nitrogens with one attached hydrogen (secondary N) is 2. The third-order valence-corrected chi connectivity index (χ3v) is 3.29. The van der Waals surface area contributed by atoms with Gasteiger partial charge in [0.25, 0.3) is 0 Å². The average molecular weight is 316 g/mol. The number of amides is 2. The fraction of sp³-hybridized carbons (Fsp3) is 0.235. The van der Waals surface area contributed by atoms with Crippen molar-refractivity contribution in [3.8, 4) is 17.2 Å². The van der Waals surface area contributed by atoms with Gasteiger partial charge in [-0.25, -0.2) is 4.79 Å². The Hall–Kier alpha value is -2.89.